The highest BCUT2D eigenvalue weighted by molar-refractivity contribution is 5.41. The fourth-order valence-electron chi connectivity index (χ4n) is 2.31. The summed E-state index contributed by atoms with van der Waals surface area (Å²) in [5, 5.41) is 6.10. The topological polar surface area (TPSA) is 84.3 Å². The first-order valence-electron chi connectivity index (χ1n) is 7.50. The number of hydrogen-bond acceptors (Lipinski definition) is 5. The van der Waals surface area contributed by atoms with Gasteiger partial charge in [-0.1, -0.05) is 18.2 Å². The van der Waals surface area contributed by atoms with Crippen LogP contribution >= 0.6 is 0 Å². The Morgan fingerprint density at radius 2 is 2.04 bits per heavy atom. The van der Waals surface area contributed by atoms with E-state index in [9.17, 15) is 4.79 Å². The van der Waals surface area contributed by atoms with Gasteiger partial charge >= 0.3 is 0 Å². The monoisotopic (exact) mass is 313 g/mol. The maximum Gasteiger partial charge on any atom is 0.277 e. The molecule has 0 fully saturated rings. The molecular weight excluding hydrogens is 294 g/mol. The van der Waals surface area contributed by atoms with E-state index in [2.05, 4.69) is 20.4 Å². The Kier molecular flexibility index (Phi) is 4.01. The van der Waals surface area contributed by atoms with Gasteiger partial charge < -0.3 is 10.1 Å². The number of aromatic nitrogens is 4. The van der Waals surface area contributed by atoms with Gasteiger partial charge in [0.2, 0.25) is 5.95 Å². The molecule has 0 atom stereocenters. The predicted molar refractivity (Wildman–Crippen MR) is 88.0 cm³/mol. The second-order valence-corrected chi connectivity index (χ2v) is 5.23. The van der Waals surface area contributed by atoms with Gasteiger partial charge in [0.05, 0.1) is 6.61 Å². The molecule has 2 heterocycles. The Morgan fingerprint density at radius 1 is 1.26 bits per heavy atom. The SMILES string of the molecule is CCOc1ccccc1CNc1nc2nc(C)c(C)c(=O)n2[nH]1. The van der Waals surface area contributed by atoms with E-state index in [0.717, 1.165) is 11.3 Å². The zero-order valence-corrected chi connectivity index (χ0v) is 13.4. The minimum absolute atomic E-state index is 0.136. The van der Waals surface area contributed by atoms with E-state index >= 15 is 0 Å². The van der Waals surface area contributed by atoms with Crippen molar-refractivity contribution in [3.8, 4) is 5.75 Å². The highest BCUT2D eigenvalue weighted by Crippen LogP contribution is 2.18. The summed E-state index contributed by atoms with van der Waals surface area (Å²) in [6.07, 6.45) is 0. The van der Waals surface area contributed by atoms with E-state index in [0.29, 0.717) is 36.1 Å². The minimum atomic E-state index is -0.136. The molecule has 0 radical (unpaired) electrons. The molecule has 0 aliphatic carbocycles. The quantitative estimate of drug-likeness (QED) is 0.753. The second kappa shape index (κ2) is 6.12. The van der Waals surface area contributed by atoms with Crippen molar-refractivity contribution in [2.75, 3.05) is 11.9 Å². The summed E-state index contributed by atoms with van der Waals surface area (Å²) in [5.74, 6) is 1.69. The maximum atomic E-state index is 12.2. The zero-order valence-electron chi connectivity index (χ0n) is 13.4. The molecular formula is C16H19N5O2. The number of nitrogens with zero attached hydrogens (tertiary/aromatic N) is 3. The van der Waals surface area contributed by atoms with Crippen molar-refractivity contribution in [2.24, 2.45) is 0 Å². The van der Waals surface area contributed by atoms with Crippen molar-refractivity contribution < 1.29 is 4.74 Å². The van der Waals surface area contributed by atoms with E-state index < -0.39 is 0 Å². The van der Waals surface area contributed by atoms with E-state index in [1.807, 2.05) is 31.2 Å². The molecule has 2 N–H and O–H groups in total. The molecule has 3 aromatic rings. The first-order chi connectivity index (χ1) is 11.1. The standard InChI is InChI=1S/C16H19N5O2/c1-4-23-13-8-6-5-7-12(13)9-17-15-19-16-18-11(3)10(2)14(22)21(16)20-15/h5-8H,4,9H2,1-3H3,(H2,17,18,19,20). The Hall–Kier alpha value is -2.83. The lowest BCUT2D eigenvalue weighted by molar-refractivity contribution is 0.337. The van der Waals surface area contributed by atoms with Gasteiger partial charge in [-0.3, -0.25) is 9.89 Å². The summed E-state index contributed by atoms with van der Waals surface area (Å²) < 4.78 is 6.94. The maximum absolute atomic E-state index is 12.2. The van der Waals surface area contributed by atoms with Crippen LogP contribution in [0.25, 0.3) is 5.78 Å². The van der Waals surface area contributed by atoms with Crippen molar-refractivity contribution in [1.82, 2.24) is 19.6 Å². The van der Waals surface area contributed by atoms with Gasteiger partial charge in [-0.05, 0) is 26.8 Å². The Labute approximate surface area is 133 Å². The van der Waals surface area contributed by atoms with Crippen molar-refractivity contribution in [2.45, 2.75) is 27.3 Å². The highest BCUT2D eigenvalue weighted by atomic mass is 16.5. The van der Waals surface area contributed by atoms with Crippen molar-refractivity contribution in [3.05, 3.63) is 51.4 Å². The highest BCUT2D eigenvalue weighted by Gasteiger charge is 2.10. The molecule has 0 aliphatic heterocycles. The first-order valence-corrected chi connectivity index (χ1v) is 7.50. The number of aryl methyl sites for hydroxylation is 1. The lowest BCUT2D eigenvalue weighted by Gasteiger charge is -2.09. The molecule has 2 aromatic heterocycles. The predicted octanol–water partition coefficient (Wildman–Crippen LogP) is 2.05. The van der Waals surface area contributed by atoms with Crippen LogP contribution < -0.4 is 15.6 Å². The number of anilines is 1. The third kappa shape index (κ3) is 2.90. The van der Waals surface area contributed by atoms with Gasteiger partial charge in [0, 0.05) is 23.4 Å². The molecule has 0 amide bonds. The van der Waals surface area contributed by atoms with Crippen LogP contribution in [-0.2, 0) is 6.54 Å². The number of benzene rings is 1. The number of nitrogens with one attached hydrogen (secondary N) is 2. The van der Waals surface area contributed by atoms with Crippen LogP contribution in [0.3, 0.4) is 0 Å². The third-order valence-electron chi connectivity index (χ3n) is 3.68. The molecule has 7 nitrogen and oxygen atoms in total. The Morgan fingerprint density at radius 3 is 2.83 bits per heavy atom. The number of para-hydroxylation sites is 1. The summed E-state index contributed by atoms with van der Waals surface area (Å²) in [6.45, 7) is 6.65. The Bertz CT molecular complexity index is 897. The largest absolute Gasteiger partial charge is 0.494 e. The smallest absolute Gasteiger partial charge is 0.277 e. The molecule has 3 rings (SSSR count). The minimum Gasteiger partial charge on any atom is -0.494 e. The molecule has 1 aromatic carbocycles. The molecule has 0 saturated carbocycles. The molecule has 0 spiro atoms. The summed E-state index contributed by atoms with van der Waals surface area (Å²) in [6, 6.07) is 7.80. The summed E-state index contributed by atoms with van der Waals surface area (Å²) >= 11 is 0. The number of aromatic amines is 1. The number of H-pyrrole nitrogens is 1. The molecule has 23 heavy (non-hydrogen) atoms. The van der Waals surface area contributed by atoms with E-state index in [-0.39, 0.29) is 5.56 Å². The molecule has 0 bridgehead atoms. The fraction of sp³-hybridized carbons (Fsp3) is 0.312. The molecule has 0 saturated heterocycles. The fourth-order valence-corrected chi connectivity index (χ4v) is 2.31. The Balaban J connectivity index is 1.86. The van der Waals surface area contributed by atoms with Crippen LogP contribution in [0, 0.1) is 13.8 Å². The van der Waals surface area contributed by atoms with Gasteiger partial charge in [0.25, 0.3) is 11.3 Å². The van der Waals surface area contributed by atoms with Gasteiger partial charge in [-0.15, -0.1) is 0 Å². The van der Waals surface area contributed by atoms with E-state index in [1.54, 1.807) is 13.8 Å². The number of hydrogen-bond donors (Lipinski definition) is 2. The molecule has 0 unspecified atom stereocenters. The number of fused-ring (bicyclic) bond motifs is 1. The average Bonchev–Trinajstić information content (AvgIpc) is 2.95. The van der Waals surface area contributed by atoms with Crippen LogP contribution in [0.4, 0.5) is 5.95 Å². The van der Waals surface area contributed by atoms with Crippen molar-refractivity contribution >= 4 is 11.7 Å². The summed E-state index contributed by atoms with van der Waals surface area (Å²) in [4.78, 5) is 20.8. The van der Waals surface area contributed by atoms with Gasteiger partial charge in [0.1, 0.15) is 5.75 Å². The summed E-state index contributed by atoms with van der Waals surface area (Å²) in [5.41, 5.74) is 2.18. The zero-order chi connectivity index (χ0) is 16.4. The van der Waals surface area contributed by atoms with Crippen LogP contribution in [0.2, 0.25) is 0 Å². The van der Waals surface area contributed by atoms with Crippen molar-refractivity contribution in [1.29, 1.82) is 0 Å². The second-order valence-electron chi connectivity index (χ2n) is 5.23. The van der Waals surface area contributed by atoms with Gasteiger partial charge in [-0.2, -0.15) is 9.50 Å². The number of rotatable bonds is 5. The lowest BCUT2D eigenvalue weighted by atomic mass is 10.2. The van der Waals surface area contributed by atoms with Crippen LogP contribution in [0.5, 0.6) is 5.75 Å². The van der Waals surface area contributed by atoms with Gasteiger partial charge in [-0.25, -0.2) is 4.98 Å². The van der Waals surface area contributed by atoms with Crippen LogP contribution in [0.1, 0.15) is 23.7 Å². The molecule has 0 aliphatic rings. The van der Waals surface area contributed by atoms with E-state index in [4.69, 9.17) is 4.74 Å². The van der Waals surface area contributed by atoms with Gasteiger partial charge in [0.15, 0.2) is 0 Å². The van der Waals surface area contributed by atoms with Crippen LogP contribution in [0.15, 0.2) is 29.1 Å². The average molecular weight is 313 g/mol. The van der Waals surface area contributed by atoms with Crippen molar-refractivity contribution in [3.63, 3.8) is 0 Å². The lowest BCUT2D eigenvalue weighted by Crippen LogP contribution is -2.19. The first kappa shape index (κ1) is 15.1. The van der Waals surface area contributed by atoms with E-state index in [1.165, 1.54) is 4.52 Å². The molecule has 7 heteroatoms. The number of ether oxygens (including phenoxy) is 1. The third-order valence-corrected chi connectivity index (χ3v) is 3.68. The normalized spacial score (nSPS) is 10.9. The molecule has 120 valence electrons. The van der Waals surface area contributed by atoms with Crippen LogP contribution in [-0.4, -0.2) is 26.2 Å². The summed E-state index contributed by atoms with van der Waals surface area (Å²) in [7, 11) is 0.